The lowest BCUT2D eigenvalue weighted by Gasteiger charge is -2.29. The van der Waals surface area contributed by atoms with E-state index in [0.29, 0.717) is 25.3 Å². The second kappa shape index (κ2) is 6.81. The molecule has 1 aliphatic carbocycles. The first kappa shape index (κ1) is 16.5. The van der Waals surface area contributed by atoms with Crippen LogP contribution in [-0.4, -0.2) is 27.4 Å². The maximum absolute atomic E-state index is 12.5. The zero-order chi connectivity index (χ0) is 18.2. The van der Waals surface area contributed by atoms with Gasteiger partial charge in [-0.1, -0.05) is 12.1 Å². The maximum atomic E-state index is 12.5. The summed E-state index contributed by atoms with van der Waals surface area (Å²) >= 11 is 0. The van der Waals surface area contributed by atoms with E-state index in [0.717, 1.165) is 54.5 Å². The molecule has 27 heavy (non-hydrogen) atoms. The van der Waals surface area contributed by atoms with Crippen LogP contribution in [-0.2, 0) is 17.8 Å². The van der Waals surface area contributed by atoms with Crippen LogP contribution in [0.2, 0.25) is 0 Å². The standard InChI is InChI=1S/C20H22N4O3/c25-19-11-13-12-26-10-9-16(13)23-24(19)15-7-5-14(6-8-15)21-20-22-17-3-1-2-4-18(17)27-20/h1-4,11,14-15H,5-10,12H2,(H,21,22). The Balaban J connectivity index is 1.27. The van der Waals surface area contributed by atoms with Crippen molar-refractivity contribution >= 4 is 17.1 Å². The molecule has 1 fully saturated rings. The minimum atomic E-state index is -0.0189. The first-order chi connectivity index (χ1) is 13.3. The molecule has 5 rings (SSSR count). The van der Waals surface area contributed by atoms with Crippen molar-refractivity contribution in [3.8, 4) is 0 Å². The number of ether oxygens (including phenoxy) is 1. The second-order valence-electron chi connectivity index (χ2n) is 7.34. The first-order valence-corrected chi connectivity index (χ1v) is 9.58. The Hall–Kier alpha value is -2.67. The lowest BCUT2D eigenvalue weighted by Crippen LogP contribution is -2.35. The van der Waals surface area contributed by atoms with Gasteiger partial charge in [-0.2, -0.15) is 10.1 Å². The van der Waals surface area contributed by atoms with E-state index < -0.39 is 0 Å². The van der Waals surface area contributed by atoms with Crippen molar-refractivity contribution in [1.82, 2.24) is 14.8 Å². The van der Waals surface area contributed by atoms with E-state index in [1.165, 1.54) is 0 Å². The number of rotatable bonds is 3. The molecule has 2 aromatic heterocycles. The van der Waals surface area contributed by atoms with Gasteiger partial charge in [0.25, 0.3) is 11.6 Å². The topological polar surface area (TPSA) is 82.2 Å². The van der Waals surface area contributed by atoms with Crippen LogP contribution in [0.1, 0.15) is 43.0 Å². The molecule has 0 spiro atoms. The lowest BCUT2D eigenvalue weighted by molar-refractivity contribution is 0.107. The Labute approximate surface area is 156 Å². The largest absolute Gasteiger partial charge is 0.424 e. The molecule has 0 atom stereocenters. The molecular weight excluding hydrogens is 344 g/mol. The van der Waals surface area contributed by atoms with Crippen LogP contribution in [0.4, 0.5) is 6.01 Å². The van der Waals surface area contributed by atoms with Crippen molar-refractivity contribution in [3.63, 3.8) is 0 Å². The fourth-order valence-corrected chi connectivity index (χ4v) is 4.06. The number of aromatic nitrogens is 3. The van der Waals surface area contributed by atoms with Crippen LogP contribution in [0.3, 0.4) is 0 Å². The van der Waals surface area contributed by atoms with Crippen LogP contribution in [0.15, 0.2) is 39.5 Å². The summed E-state index contributed by atoms with van der Waals surface area (Å²) in [6, 6.07) is 10.5. The first-order valence-electron chi connectivity index (χ1n) is 9.58. The van der Waals surface area contributed by atoms with E-state index in [9.17, 15) is 4.79 Å². The Morgan fingerprint density at radius 3 is 2.85 bits per heavy atom. The fourth-order valence-electron chi connectivity index (χ4n) is 4.06. The third kappa shape index (κ3) is 3.23. The average molecular weight is 366 g/mol. The molecule has 0 radical (unpaired) electrons. The van der Waals surface area contributed by atoms with Crippen LogP contribution >= 0.6 is 0 Å². The van der Waals surface area contributed by atoms with E-state index >= 15 is 0 Å². The summed E-state index contributed by atoms with van der Waals surface area (Å²) in [6.07, 6.45) is 4.53. The van der Waals surface area contributed by atoms with E-state index in [1.54, 1.807) is 10.7 Å². The molecule has 2 aliphatic rings. The predicted octanol–water partition coefficient (Wildman–Crippen LogP) is 3.05. The van der Waals surface area contributed by atoms with Crippen molar-refractivity contribution in [2.45, 2.75) is 50.8 Å². The van der Waals surface area contributed by atoms with Gasteiger partial charge in [0.05, 0.1) is 24.9 Å². The number of nitrogens with one attached hydrogen (secondary N) is 1. The smallest absolute Gasteiger partial charge is 0.295 e. The quantitative estimate of drug-likeness (QED) is 0.767. The summed E-state index contributed by atoms with van der Waals surface area (Å²) in [6.45, 7) is 1.18. The molecule has 1 aromatic carbocycles. The van der Waals surface area contributed by atoms with Crippen molar-refractivity contribution in [1.29, 1.82) is 0 Å². The van der Waals surface area contributed by atoms with Crippen LogP contribution in [0.25, 0.3) is 11.1 Å². The zero-order valence-electron chi connectivity index (χ0n) is 15.1. The van der Waals surface area contributed by atoms with Gasteiger partial charge in [0.2, 0.25) is 0 Å². The highest BCUT2D eigenvalue weighted by Crippen LogP contribution is 2.30. The maximum Gasteiger partial charge on any atom is 0.295 e. The van der Waals surface area contributed by atoms with E-state index in [1.807, 2.05) is 24.3 Å². The highest BCUT2D eigenvalue weighted by atomic mass is 16.5. The van der Waals surface area contributed by atoms with Gasteiger partial charge in [-0.15, -0.1) is 0 Å². The zero-order valence-corrected chi connectivity index (χ0v) is 15.1. The predicted molar refractivity (Wildman–Crippen MR) is 101 cm³/mol. The SMILES string of the molecule is O=c1cc2c(nn1C1CCC(Nc3nc4ccccc4o3)CC1)CCOC2. The number of hydrogen-bond acceptors (Lipinski definition) is 6. The normalized spacial score (nSPS) is 22.5. The Kier molecular flexibility index (Phi) is 4.16. The molecule has 0 unspecified atom stereocenters. The van der Waals surface area contributed by atoms with Crippen LogP contribution in [0.5, 0.6) is 0 Å². The minimum absolute atomic E-state index is 0.0189. The molecule has 1 aliphatic heterocycles. The molecule has 1 saturated carbocycles. The second-order valence-corrected chi connectivity index (χ2v) is 7.34. The van der Waals surface area contributed by atoms with Gasteiger partial charge in [0, 0.05) is 24.1 Å². The number of anilines is 1. The highest BCUT2D eigenvalue weighted by Gasteiger charge is 2.26. The van der Waals surface area contributed by atoms with Gasteiger partial charge < -0.3 is 14.5 Å². The monoisotopic (exact) mass is 366 g/mol. The molecule has 7 nitrogen and oxygen atoms in total. The number of fused-ring (bicyclic) bond motifs is 2. The number of hydrogen-bond donors (Lipinski definition) is 1. The van der Waals surface area contributed by atoms with Gasteiger partial charge in [0.1, 0.15) is 5.52 Å². The molecule has 3 aromatic rings. The van der Waals surface area contributed by atoms with Gasteiger partial charge in [-0.3, -0.25) is 4.79 Å². The average Bonchev–Trinajstić information content (AvgIpc) is 3.10. The number of benzene rings is 1. The third-order valence-electron chi connectivity index (χ3n) is 5.53. The summed E-state index contributed by atoms with van der Waals surface area (Å²) in [5.41, 5.74) is 3.58. The summed E-state index contributed by atoms with van der Waals surface area (Å²) < 4.78 is 12.9. The highest BCUT2D eigenvalue weighted by molar-refractivity contribution is 5.74. The summed E-state index contributed by atoms with van der Waals surface area (Å²) in [4.78, 5) is 17.0. The van der Waals surface area contributed by atoms with Gasteiger partial charge in [-0.25, -0.2) is 4.68 Å². The Bertz CT molecular complexity index is 984. The number of nitrogens with zero attached hydrogens (tertiary/aromatic N) is 3. The van der Waals surface area contributed by atoms with E-state index in [4.69, 9.17) is 9.15 Å². The molecule has 140 valence electrons. The van der Waals surface area contributed by atoms with E-state index in [2.05, 4.69) is 15.4 Å². The molecular formula is C20H22N4O3. The summed E-state index contributed by atoms with van der Waals surface area (Å²) in [5, 5.41) is 8.05. The summed E-state index contributed by atoms with van der Waals surface area (Å²) in [5.74, 6) is 0. The van der Waals surface area contributed by atoms with E-state index in [-0.39, 0.29) is 11.6 Å². The Morgan fingerprint density at radius 1 is 1.15 bits per heavy atom. The van der Waals surface area contributed by atoms with Gasteiger partial charge in [0.15, 0.2) is 5.58 Å². The van der Waals surface area contributed by atoms with Crippen molar-refractivity contribution in [3.05, 3.63) is 51.9 Å². The Morgan fingerprint density at radius 2 is 2.00 bits per heavy atom. The van der Waals surface area contributed by atoms with Crippen molar-refractivity contribution in [2.75, 3.05) is 11.9 Å². The minimum Gasteiger partial charge on any atom is -0.424 e. The third-order valence-corrected chi connectivity index (χ3v) is 5.53. The van der Waals surface area contributed by atoms with Gasteiger partial charge in [-0.05, 0) is 37.8 Å². The molecule has 1 N–H and O–H groups in total. The number of oxazole rings is 1. The fraction of sp³-hybridized carbons (Fsp3) is 0.450. The van der Waals surface area contributed by atoms with Gasteiger partial charge >= 0.3 is 0 Å². The van der Waals surface area contributed by atoms with Crippen molar-refractivity contribution < 1.29 is 9.15 Å². The summed E-state index contributed by atoms with van der Waals surface area (Å²) in [7, 11) is 0. The molecule has 0 amide bonds. The molecule has 7 heteroatoms. The van der Waals surface area contributed by atoms with Crippen LogP contribution < -0.4 is 10.9 Å². The lowest BCUT2D eigenvalue weighted by atomic mass is 9.91. The van der Waals surface area contributed by atoms with Crippen molar-refractivity contribution in [2.24, 2.45) is 0 Å². The molecule has 3 heterocycles. The molecule has 0 saturated heterocycles. The number of para-hydroxylation sites is 2. The van der Waals surface area contributed by atoms with Crippen LogP contribution in [0, 0.1) is 0 Å². The molecule has 0 bridgehead atoms.